The fourth-order valence-corrected chi connectivity index (χ4v) is 4.24. The molecule has 5 nitrogen and oxygen atoms in total. The first-order valence-corrected chi connectivity index (χ1v) is 8.48. The number of ether oxygens (including phenoxy) is 1. The fourth-order valence-electron chi connectivity index (χ4n) is 2.54. The van der Waals surface area contributed by atoms with E-state index in [0.717, 1.165) is 19.3 Å². The highest BCUT2D eigenvalue weighted by molar-refractivity contribution is 7.89. The second kappa shape index (κ2) is 6.56. The van der Waals surface area contributed by atoms with Crippen LogP contribution in [0.1, 0.15) is 26.2 Å². The number of sulfonamides is 1. The lowest BCUT2D eigenvalue weighted by Gasteiger charge is -2.33. The minimum Gasteiger partial charge on any atom is -0.494 e. The number of nitrogens with zero attached hydrogens (tertiary/aromatic N) is 1. The minimum absolute atomic E-state index is 0.0830. The van der Waals surface area contributed by atoms with E-state index in [1.54, 1.807) is 28.6 Å². The molecule has 112 valence electrons. The Balaban J connectivity index is 2.24. The maximum Gasteiger partial charge on any atom is 0.243 e. The maximum absolute atomic E-state index is 12.7. The molecule has 2 rings (SSSR count). The van der Waals surface area contributed by atoms with Crippen LogP contribution in [0.25, 0.3) is 0 Å². The van der Waals surface area contributed by atoms with Crippen molar-refractivity contribution in [1.82, 2.24) is 4.31 Å². The van der Waals surface area contributed by atoms with Crippen LogP contribution >= 0.6 is 0 Å². The van der Waals surface area contributed by atoms with Gasteiger partial charge in [0.15, 0.2) is 0 Å². The first-order valence-electron chi connectivity index (χ1n) is 7.04. The van der Waals surface area contributed by atoms with Crippen LogP contribution in [0.15, 0.2) is 29.2 Å². The van der Waals surface area contributed by atoms with E-state index in [2.05, 4.69) is 0 Å². The number of rotatable bonds is 5. The van der Waals surface area contributed by atoms with Crippen molar-refractivity contribution in [2.24, 2.45) is 5.73 Å². The van der Waals surface area contributed by atoms with Gasteiger partial charge in [0.2, 0.25) is 10.0 Å². The standard InChI is InChI=1S/C14H22N2O3S/c1-2-19-13-6-8-14(9-7-13)20(17,18)16-10-4-3-5-12(16)11-15/h6-9,12H,2-5,10-11,15H2,1H3. The molecule has 0 amide bonds. The molecule has 1 aromatic carbocycles. The quantitative estimate of drug-likeness (QED) is 0.896. The highest BCUT2D eigenvalue weighted by atomic mass is 32.2. The van der Waals surface area contributed by atoms with Gasteiger partial charge in [-0.1, -0.05) is 6.42 Å². The molecule has 0 spiro atoms. The molecule has 1 aliphatic heterocycles. The lowest BCUT2D eigenvalue weighted by molar-refractivity contribution is 0.257. The van der Waals surface area contributed by atoms with Crippen LogP contribution in [0.3, 0.4) is 0 Å². The van der Waals surface area contributed by atoms with E-state index >= 15 is 0 Å². The highest BCUT2D eigenvalue weighted by Crippen LogP contribution is 2.26. The van der Waals surface area contributed by atoms with Crippen molar-refractivity contribution in [3.63, 3.8) is 0 Å². The Labute approximate surface area is 120 Å². The minimum atomic E-state index is -3.46. The van der Waals surface area contributed by atoms with Gasteiger partial charge in [0.25, 0.3) is 0 Å². The van der Waals surface area contributed by atoms with Crippen molar-refractivity contribution < 1.29 is 13.2 Å². The Morgan fingerprint density at radius 3 is 2.60 bits per heavy atom. The summed E-state index contributed by atoms with van der Waals surface area (Å²) in [6, 6.07) is 6.50. The van der Waals surface area contributed by atoms with Gasteiger partial charge >= 0.3 is 0 Å². The molecule has 0 radical (unpaired) electrons. The summed E-state index contributed by atoms with van der Waals surface area (Å²) in [7, 11) is -3.46. The number of piperidine rings is 1. The van der Waals surface area contributed by atoms with Crippen molar-refractivity contribution >= 4 is 10.0 Å². The molecule has 2 N–H and O–H groups in total. The van der Waals surface area contributed by atoms with E-state index in [4.69, 9.17) is 10.5 Å². The number of nitrogens with two attached hydrogens (primary N) is 1. The Bertz CT molecular complexity index is 528. The first kappa shape index (κ1) is 15.3. The maximum atomic E-state index is 12.7. The van der Waals surface area contributed by atoms with E-state index < -0.39 is 10.0 Å². The summed E-state index contributed by atoms with van der Waals surface area (Å²) in [5, 5.41) is 0. The second-order valence-electron chi connectivity index (χ2n) is 4.91. The van der Waals surface area contributed by atoms with Crippen LogP contribution in [0.2, 0.25) is 0 Å². The first-order chi connectivity index (χ1) is 9.59. The molecule has 0 aromatic heterocycles. The summed E-state index contributed by atoms with van der Waals surface area (Å²) < 4.78 is 32.2. The van der Waals surface area contributed by atoms with Gasteiger partial charge in [-0.05, 0) is 44.0 Å². The monoisotopic (exact) mass is 298 g/mol. The van der Waals surface area contributed by atoms with E-state index in [0.29, 0.717) is 30.3 Å². The Morgan fingerprint density at radius 2 is 2.00 bits per heavy atom. The van der Waals surface area contributed by atoms with E-state index in [1.165, 1.54) is 0 Å². The lowest BCUT2D eigenvalue weighted by Crippen LogP contribution is -2.47. The molecule has 0 saturated carbocycles. The predicted octanol–water partition coefficient (Wildman–Crippen LogP) is 1.59. The Kier molecular flexibility index (Phi) is 5.01. The molecule has 1 unspecified atom stereocenters. The molecular formula is C14H22N2O3S. The zero-order valence-electron chi connectivity index (χ0n) is 11.8. The van der Waals surface area contributed by atoms with Crippen molar-refractivity contribution in [1.29, 1.82) is 0 Å². The summed E-state index contributed by atoms with van der Waals surface area (Å²) in [5.41, 5.74) is 5.71. The zero-order chi connectivity index (χ0) is 14.6. The summed E-state index contributed by atoms with van der Waals surface area (Å²) in [6.45, 7) is 3.38. The highest BCUT2D eigenvalue weighted by Gasteiger charge is 2.32. The smallest absolute Gasteiger partial charge is 0.243 e. The molecular weight excluding hydrogens is 276 g/mol. The molecule has 0 aliphatic carbocycles. The van der Waals surface area contributed by atoms with Gasteiger partial charge in [-0.3, -0.25) is 0 Å². The molecule has 1 aromatic rings. The molecule has 1 fully saturated rings. The van der Waals surface area contributed by atoms with E-state index in [1.807, 2.05) is 6.92 Å². The largest absolute Gasteiger partial charge is 0.494 e. The average Bonchev–Trinajstić information content (AvgIpc) is 2.48. The summed E-state index contributed by atoms with van der Waals surface area (Å²) in [4.78, 5) is 0.307. The molecule has 0 bridgehead atoms. The van der Waals surface area contributed by atoms with E-state index in [9.17, 15) is 8.42 Å². The Hall–Kier alpha value is -1.11. The number of hydrogen-bond acceptors (Lipinski definition) is 4. The van der Waals surface area contributed by atoms with Crippen molar-refractivity contribution in [3.05, 3.63) is 24.3 Å². The van der Waals surface area contributed by atoms with Crippen LogP contribution < -0.4 is 10.5 Å². The lowest BCUT2D eigenvalue weighted by atomic mass is 10.1. The van der Waals surface area contributed by atoms with Crippen LogP contribution in [0.4, 0.5) is 0 Å². The second-order valence-corrected chi connectivity index (χ2v) is 6.80. The van der Waals surface area contributed by atoms with Gasteiger partial charge in [0.05, 0.1) is 11.5 Å². The van der Waals surface area contributed by atoms with Gasteiger partial charge in [-0.15, -0.1) is 0 Å². The third kappa shape index (κ3) is 3.13. The van der Waals surface area contributed by atoms with Crippen molar-refractivity contribution in [2.75, 3.05) is 19.7 Å². The predicted molar refractivity (Wildman–Crippen MR) is 78.2 cm³/mol. The Morgan fingerprint density at radius 1 is 1.30 bits per heavy atom. The topological polar surface area (TPSA) is 72.6 Å². The van der Waals surface area contributed by atoms with Crippen LogP contribution in [0.5, 0.6) is 5.75 Å². The zero-order valence-corrected chi connectivity index (χ0v) is 12.6. The van der Waals surface area contributed by atoms with E-state index in [-0.39, 0.29) is 6.04 Å². The SMILES string of the molecule is CCOc1ccc(S(=O)(=O)N2CCCCC2CN)cc1. The third-order valence-corrected chi connectivity index (χ3v) is 5.55. The third-order valence-electron chi connectivity index (χ3n) is 3.59. The fraction of sp³-hybridized carbons (Fsp3) is 0.571. The van der Waals surface area contributed by atoms with Crippen molar-refractivity contribution in [2.45, 2.75) is 37.1 Å². The van der Waals surface area contributed by atoms with Gasteiger partial charge in [0.1, 0.15) is 5.75 Å². The summed E-state index contributed by atoms with van der Waals surface area (Å²) >= 11 is 0. The molecule has 1 saturated heterocycles. The molecule has 1 aliphatic rings. The van der Waals surface area contributed by atoms with Gasteiger partial charge < -0.3 is 10.5 Å². The van der Waals surface area contributed by atoms with Crippen LogP contribution in [0, 0.1) is 0 Å². The molecule has 6 heteroatoms. The summed E-state index contributed by atoms with van der Waals surface area (Å²) in [6.07, 6.45) is 2.77. The average molecular weight is 298 g/mol. The summed E-state index contributed by atoms with van der Waals surface area (Å²) in [5.74, 6) is 0.681. The molecule has 20 heavy (non-hydrogen) atoms. The molecule has 1 atom stereocenters. The van der Waals surface area contributed by atoms with Gasteiger partial charge in [0, 0.05) is 19.1 Å². The molecule has 1 heterocycles. The number of hydrogen-bond donors (Lipinski definition) is 1. The number of benzene rings is 1. The van der Waals surface area contributed by atoms with Gasteiger partial charge in [-0.25, -0.2) is 8.42 Å². The van der Waals surface area contributed by atoms with Crippen molar-refractivity contribution in [3.8, 4) is 5.75 Å². The van der Waals surface area contributed by atoms with Gasteiger partial charge in [-0.2, -0.15) is 4.31 Å². The normalized spacial score (nSPS) is 20.8. The van der Waals surface area contributed by atoms with Crippen LogP contribution in [-0.2, 0) is 10.0 Å². The van der Waals surface area contributed by atoms with Crippen LogP contribution in [-0.4, -0.2) is 38.5 Å².